The number of likely N-dealkylation sites (tertiary alicyclic amines) is 1. The largest absolute Gasteiger partial charge is 0.497 e. The number of ether oxygens (including phenoxy) is 2. The third-order valence-electron chi connectivity index (χ3n) is 8.62. The van der Waals surface area contributed by atoms with Gasteiger partial charge in [-0.1, -0.05) is 86.6 Å². The number of hydrogen-bond donors (Lipinski definition) is 3. The average Bonchev–Trinajstić information content (AvgIpc) is 3.73. The number of aromatic amines is 1. The minimum Gasteiger partial charge on any atom is -0.497 e. The van der Waals surface area contributed by atoms with Crippen LogP contribution in [0.1, 0.15) is 37.0 Å². The monoisotopic (exact) mass is 664 g/mol. The van der Waals surface area contributed by atoms with Gasteiger partial charge in [0.2, 0.25) is 17.8 Å². The van der Waals surface area contributed by atoms with E-state index in [-0.39, 0.29) is 48.4 Å². The Kier molecular flexibility index (Phi) is 9.27. The number of amides is 2. The molecule has 3 aromatic carbocycles. The van der Waals surface area contributed by atoms with Crippen LogP contribution in [0.5, 0.6) is 5.75 Å². The molecule has 1 aliphatic rings. The van der Waals surface area contributed by atoms with Gasteiger partial charge >= 0.3 is 5.97 Å². The maximum Gasteiger partial charge on any atom is 0.326 e. The van der Waals surface area contributed by atoms with Crippen LogP contribution in [0.2, 0.25) is 0 Å². The molecular formula is C36H36N6O7. The summed E-state index contributed by atoms with van der Waals surface area (Å²) in [7, 11) is 1.59. The topological polar surface area (TPSA) is 169 Å². The molecule has 6 rings (SSSR count). The number of fused-ring (bicyclic) bond motifs is 1. The number of carbonyl (C=O) groups excluding carboxylic acids is 2. The fourth-order valence-electron chi connectivity index (χ4n) is 6.14. The number of aliphatic carboxylic acids is 1. The van der Waals surface area contributed by atoms with Gasteiger partial charge in [-0.2, -0.15) is 4.98 Å². The number of imidazole rings is 1. The molecule has 3 heterocycles. The van der Waals surface area contributed by atoms with Crippen LogP contribution in [0.4, 0.5) is 5.95 Å². The van der Waals surface area contributed by atoms with E-state index in [4.69, 9.17) is 9.47 Å². The first kappa shape index (κ1) is 33.1. The van der Waals surface area contributed by atoms with E-state index in [1.807, 2.05) is 84.9 Å². The van der Waals surface area contributed by atoms with Crippen LogP contribution in [0.25, 0.3) is 11.2 Å². The molecule has 2 amide bonds. The number of carbonyl (C=O) groups is 3. The van der Waals surface area contributed by atoms with E-state index in [9.17, 15) is 24.3 Å². The van der Waals surface area contributed by atoms with E-state index < -0.39 is 35.2 Å². The number of benzene rings is 3. The summed E-state index contributed by atoms with van der Waals surface area (Å²) in [5.41, 5.74) is 0.733. The predicted octanol–water partition coefficient (Wildman–Crippen LogP) is 3.79. The first-order valence-electron chi connectivity index (χ1n) is 15.8. The molecule has 5 aromatic rings. The fourth-order valence-corrected chi connectivity index (χ4v) is 6.14. The van der Waals surface area contributed by atoms with Crippen LogP contribution in [-0.4, -0.2) is 73.1 Å². The van der Waals surface area contributed by atoms with Crippen molar-refractivity contribution in [2.45, 2.75) is 44.6 Å². The predicted molar refractivity (Wildman–Crippen MR) is 180 cm³/mol. The molecule has 2 aromatic heterocycles. The van der Waals surface area contributed by atoms with E-state index in [2.05, 4.69) is 20.3 Å². The van der Waals surface area contributed by atoms with E-state index in [1.54, 1.807) is 21.0 Å². The molecule has 0 aliphatic carbocycles. The van der Waals surface area contributed by atoms with E-state index in [1.165, 1.54) is 15.8 Å². The van der Waals surface area contributed by atoms with Crippen LogP contribution in [0.3, 0.4) is 0 Å². The summed E-state index contributed by atoms with van der Waals surface area (Å²) in [5.74, 6) is -1.83. The molecule has 252 valence electrons. The lowest BCUT2D eigenvalue weighted by atomic mass is 9.79. The van der Waals surface area contributed by atoms with Gasteiger partial charge in [0.25, 0.3) is 5.56 Å². The molecule has 49 heavy (non-hydrogen) atoms. The third-order valence-corrected chi connectivity index (χ3v) is 8.62. The van der Waals surface area contributed by atoms with Crippen molar-refractivity contribution in [3.63, 3.8) is 0 Å². The fraction of sp³-hybridized carbons (Fsp3) is 0.278. The van der Waals surface area contributed by atoms with Gasteiger partial charge in [0.1, 0.15) is 23.9 Å². The molecule has 0 radical (unpaired) electrons. The van der Waals surface area contributed by atoms with E-state index >= 15 is 0 Å². The van der Waals surface area contributed by atoms with Gasteiger partial charge in [-0.3, -0.25) is 24.7 Å². The van der Waals surface area contributed by atoms with Gasteiger partial charge < -0.3 is 24.0 Å². The number of anilines is 1. The smallest absolute Gasteiger partial charge is 0.326 e. The molecule has 2 atom stereocenters. The molecule has 0 unspecified atom stereocenters. The average molecular weight is 665 g/mol. The van der Waals surface area contributed by atoms with Gasteiger partial charge in [0.15, 0.2) is 11.2 Å². The Bertz CT molecular complexity index is 1990. The van der Waals surface area contributed by atoms with Crippen molar-refractivity contribution < 1.29 is 29.0 Å². The Morgan fingerprint density at radius 2 is 1.59 bits per heavy atom. The quantitative estimate of drug-likeness (QED) is 0.178. The summed E-state index contributed by atoms with van der Waals surface area (Å²) in [6, 6.07) is 25.7. The normalized spacial score (nSPS) is 16.2. The number of carboxylic acid groups (broad SMARTS) is 1. The third kappa shape index (κ3) is 6.52. The number of nitrogens with one attached hydrogen (secondary N) is 2. The highest BCUT2D eigenvalue weighted by atomic mass is 16.5. The Hall–Kier alpha value is -5.82. The second-order valence-corrected chi connectivity index (χ2v) is 12.1. The number of nitrogens with zero attached hydrogens (tertiary/aromatic N) is 4. The van der Waals surface area contributed by atoms with Crippen LogP contribution < -0.4 is 15.6 Å². The zero-order chi connectivity index (χ0) is 34.7. The Morgan fingerprint density at radius 3 is 2.16 bits per heavy atom. The molecule has 1 saturated heterocycles. The van der Waals surface area contributed by atoms with Crippen LogP contribution in [-0.2, 0) is 31.3 Å². The molecule has 0 saturated carbocycles. The van der Waals surface area contributed by atoms with Crippen molar-refractivity contribution in [2.75, 3.05) is 19.0 Å². The SMILES string of the molecule is COc1ccc(C(O[C@@H]2C[C@@H](C(=O)O)N(C(=O)Cn3cnc4c(=O)[nH]c(NC(=O)C(C)C)nc43)C2)(c2ccccc2)c2ccccc2)cc1. The van der Waals surface area contributed by atoms with Crippen molar-refractivity contribution in [2.24, 2.45) is 5.92 Å². The summed E-state index contributed by atoms with van der Waals surface area (Å²) in [5, 5.41) is 12.8. The van der Waals surface area contributed by atoms with Crippen molar-refractivity contribution >= 4 is 34.9 Å². The maximum absolute atomic E-state index is 13.9. The van der Waals surface area contributed by atoms with Crippen molar-refractivity contribution in [3.8, 4) is 5.75 Å². The highest BCUT2D eigenvalue weighted by Gasteiger charge is 2.46. The van der Waals surface area contributed by atoms with Crippen LogP contribution in [0.15, 0.2) is 96.1 Å². The van der Waals surface area contributed by atoms with Gasteiger partial charge in [0.05, 0.1) is 19.5 Å². The number of H-pyrrole nitrogens is 1. The van der Waals surface area contributed by atoms with Crippen LogP contribution >= 0.6 is 0 Å². The summed E-state index contributed by atoms with van der Waals surface area (Å²) in [4.78, 5) is 63.6. The Labute approximate surface area is 281 Å². The van der Waals surface area contributed by atoms with E-state index in [0.29, 0.717) is 5.75 Å². The van der Waals surface area contributed by atoms with Crippen LogP contribution in [0, 0.1) is 5.92 Å². The lowest BCUT2D eigenvalue weighted by molar-refractivity contribution is -0.148. The maximum atomic E-state index is 13.9. The number of rotatable bonds is 11. The molecule has 13 heteroatoms. The Morgan fingerprint density at radius 1 is 0.980 bits per heavy atom. The summed E-state index contributed by atoms with van der Waals surface area (Å²) >= 11 is 0. The summed E-state index contributed by atoms with van der Waals surface area (Å²) < 4.78 is 13.8. The lowest BCUT2D eigenvalue weighted by Gasteiger charge is -2.38. The second kappa shape index (κ2) is 13.7. The molecule has 3 N–H and O–H groups in total. The van der Waals surface area contributed by atoms with Crippen molar-refractivity contribution in [3.05, 3.63) is 118 Å². The molecule has 1 fully saturated rings. The molecule has 1 aliphatic heterocycles. The number of methoxy groups -OCH3 is 1. The highest BCUT2D eigenvalue weighted by molar-refractivity contribution is 5.91. The summed E-state index contributed by atoms with van der Waals surface area (Å²) in [6.45, 7) is 3.04. The zero-order valence-electron chi connectivity index (χ0n) is 27.2. The van der Waals surface area contributed by atoms with Crippen molar-refractivity contribution in [1.82, 2.24) is 24.4 Å². The second-order valence-electron chi connectivity index (χ2n) is 12.1. The minimum absolute atomic E-state index is 0.0102. The number of carboxylic acids is 1. The Balaban J connectivity index is 1.34. The standard InChI is InChI=1S/C36H36N6O7/c1-22(2)32(44)39-35-38-31-30(33(45)40-35)37-21-41(31)20-29(43)42-19-27(18-28(42)34(46)47)49-36(23-10-6-4-7-11-23,24-12-8-5-9-13-24)25-14-16-26(48-3)17-15-25/h4-17,21-22,27-28H,18-20H2,1-3H3,(H,46,47)(H2,38,39,40,44,45)/t27-,28+/m1/s1. The van der Waals surface area contributed by atoms with E-state index in [0.717, 1.165) is 16.7 Å². The van der Waals surface area contributed by atoms with Gasteiger partial charge in [-0.15, -0.1) is 0 Å². The van der Waals surface area contributed by atoms with Gasteiger partial charge in [-0.25, -0.2) is 9.78 Å². The summed E-state index contributed by atoms with van der Waals surface area (Å²) in [6.07, 6.45) is 0.635. The molecule has 13 nitrogen and oxygen atoms in total. The minimum atomic E-state index is -1.18. The molecule has 0 spiro atoms. The zero-order valence-corrected chi connectivity index (χ0v) is 27.2. The first-order chi connectivity index (χ1) is 23.6. The number of hydrogen-bond acceptors (Lipinski definition) is 8. The molecule has 0 bridgehead atoms. The lowest BCUT2D eigenvalue weighted by Crippen LogP contribution is -2.42. The first-order valence-corrected chi connectivity index (χ1v) is 15.8. The molecular weight excluding hydrogens is 628 g/mol. The number of aromatic nitrogens is 4. The van der Waals surface area contributed by atoms with Gasteiger partial charge in [-0.05, 0) is 28.8 Å². The highest BCUT2D eigenvalue weighted by Crippen LogP contribution is 2.43. The van der Waals surface area contributed by atoms with Crippen molar-refractivity contribution in [1.29, 1.82) is 0 Å². The van der Waals surface area contributed by atoms with Gasteiger partial charge in [0, 0.05) is 18.9 Å².